The maximum Gasteiger partial charge on any atom is 0.293 e. The lowest BCUT2D eigenvalue weighted by molar-refractivity contribution is -0.384. The number of aryl methyl sites for hydroxylation is 1. The Balaban J connectivity index is 2.33. The van der Waals surface area contributed by atoms with Gasteiger partial charge >= 0.3 is 0 Å². The lowest BCUT2D eigenvalue weighted by Crippen LogP contribution is -2.20. The number of anilines is 1. The number of nitro benzene ring substituents is 1. The Morgan fingerprint density at radius 3 is 2.58 bits per heavy atom. The van der Waals surface area contributed by atoms with E-state index in [1.54, 1.807) is 31.0 Å². The summed E-state index contributed by atoms with van der Waals surface area (Å²) in [4.78, 5) is 24.1. The summed E-state index contributed by atoms with van der Waals surface area (Å²) in [5, 5.41) is 13.8. The minimum Gasteiger partial charge on any atom is -0.365 e. The van der Waals surface area contributed by atoms with Gasteiger partial charge in [-0.15, -0.1) is 0 Å². The molecule has 126 valence electrons. The van der Waals surface area contributed by atoms with Crippen molar-refractivity contribution in [2.45, 2.75) is 13.5 Å². The summed E-state index contributed by atoms with van der Waals surface area (Å²) in [5.41, 5.74) is 1.63. The molecule has 0 aliphatic heterocycles. The third kappa shape index (κ3) is 3.68. The second-order valence-corrected chi connectivity index (χ2v) is 5.48. The molecular formula is C17H18FN3O3. The van der Waals surface area contributed by atoms with Crippen LogP contribution in [-0.4, -0.2) is 24.9 Å². The summed E-state index contributed by atoms with van der Waals surface area (Å²) in [6, 6.07) is 9.14. The molecule has 0 unspecified atom stereocenters. The van der Waals surface area contributed by atoms with Crippen LogP contribution >= 0.6 is 0 Å². The lowest BCUT2D eigenvalue weighted by Gasteiger charge is -2.20. The van der Waals surface area contributed by atoms with E-state index >= 15 is 0 Å². The maximum absolute atomic E-state index is 13.6. The molecule has 2 aromatic rings. The van der Waals surface area contributed by atoms with Gasteiger partial charge in [-0.3, -0.25) is 14.9 Å². The van der Waals surface area contributed by atoms with E-state index in [2.05, 4.69) is 5.32 Å². The molecule has 6 nitrogen and oxygen atoms in total. The summed E-state index contributed by atoms with van der Waals surface area (Å²) in [5.74, 6) is -0.710. The molecule has 24 heavy (non-hydrogen) atoms. The van der Waals surface area contributed by atoms with E-state index in [0.717, 1.165) is 0 Å². The molecule has 0 fully saturated rings. The number of halogens is 1. The van der Waals surface area contributed by atoms with Crippen molar-refractivity contribution in [1.29, 1.82) is 0 Å². The Bertz CT molecular complexity index is 793. The van der Waals surface area contributed by atoms with E-state index in [4.69, 9.17) is 0 Å². The Kier molecular flexibility index (Phi) is 5.13. The normalized spacial score (nSPS) is 10.3. The molecule has 0 spiro atoms. The molecule has 0 saturated carbocycles. The predicted octanol–water partition coefficient (Wildman–Crippen LogP) is 3.04. The molecule has 0 radical (unpaired) electrons. The molecule has 0 bridgehead atoms. The zero-order chi connectivity index (χ0) is 17.9. The second-order valence-electron chi connectivity index (χ2n) is 5.48. The monoisotopic (exact) mass is 331 g/mol. The Morgan fingerprint density at radius 2 is 2.00 bits per heavy atom. The number of amides is 1. The van der Waals surface area contributed by atoms with Crippen LogP contribution in [0.3, 0.4) is 0 Å². The maximum atomic E-state index is 13.6. The van der Waals surface area contributed by atoms with Crippen molar-refractivity contribution in [2.75, 3.05) is 19.0 Å². The number of carbonyl (C=O) groups excluding carboxylic acids is 1. The highest BCUT2D eigenvalue weighted by Crippen LogP contribution is 2.29. The summed E-state index contributed by atoms with van der Waals surface area (Å²) in [6.45, 7) is 1.97. The van der Waals surface area contributed by atoms with Gasteiger partial charge in [0.1, 0.15) is 11.5 Å². The van der Waals surface area contributed by atoms with Gasteiger partial charge in [0.15, 0.2) is 0 Å². The highest BCUT2D eigenvalue weighted by atomic mass is 19.1. The van der Waals surface area contributed by atoms with Crippen molar-refractivity contribution >= 4 is 17.3 Å². The molecule has 0 heterocycles. The minimum atomic E-state index is -0.534. The van der Waals surface area contributed by atoms with Crippen LogP contribution in [0, 0.1) is 22.9 Å². The van der Waals surface area contributed by atoms with Crippen molar-refractivity contribution in [1.82, 2.24) is 5.32 Å². The van der Waals surface area contributed by atoms with Crippen LogP contribution in [0.1, 0.15) is 21.5 Å². The van der Waals surface area contributed by atoms with Crippen molar-refractivity contribution in [3.63, 3.8) is 0 Å². The average Bonchev–Trinajstić information content (AvgIpc) is 2.56. The standard InChI is InChI=1S/C17H18FN3O3/c1-11-4-5-12(8-14(11)18)10-20(3)15-7-6-13(17(22)19-2)9-16(15)21(23)24/h4-9H,10H2,1-3H3,(H,19,22). The first-order valence-corrected chi connectivity index (χ1v) is 7.30. The molecule has 0 aliphatic rings. The minimum absolute atomic E-state index is 0.175. The molecule has 1 N–H and O–H groups in total. The van der Waals surface area contributed by atoms with E-state index in [1.165, 1.54) is 31.3 Å². The first-order valence-electron chi connectivity index (χ1n) is 7.30. The van der Waals surface area contributed by atoms with E-state index in [9.17, 15) is 19.3 Å². The number of carbonyl (C=O) groups is 1. The molecule has 2 aromatic carbocycles. The van der Waals surface area contributed by atoms with Crippen molar-refractivity contribution in [2.24, 2.45) is 0 Å². The fourth-order valence-corrected chi connectivity index (χ4v) is 2.37. The summed E-state index contributed by atoms with van der Waals surface area (Å²) in [6.07, 6.45) is 0. The lowest BCUT2D eigenvalue weighted by atomic mass is 10.1. The molecule has 0 saturated heterocycles. The first-order chi connectivity index (χ1) is 11.3. The van der Waals surface area contributed by atoms with E-state index < -0.39 is 10.8 Å². The third-order valence-electron chi connectivity index (χ3n) is 3.73. The summed E-state index contributed by atoms with van der Waals surface area (Å²) >= 11 is 0. The molecule has 0 atom stereocenters. The number of benzene rings is 2. The van der Waals surface area contributed by atoms with Gasteiger partial charge in [-0.05, 0) is 36.2 Å². The number of nitrogens with zero attached hydrogens (tertiary/aromatic N) is 2. The Morgan fingerprint density at radius 1 is 1.29 bits per heavy atom. The van der Waals surface area contributed by atoms with Crippen LogP contribution in [0.15, 0.2) is 36.4 Å². The van der Waals surface area contributed by atoms with Gasteiger partial charge in [-0.2, -0.15) is 0 Å². The number of rotatable bonds is 5. The van der Waals surface area contributed by atoms with Crippen molar-refractivity contribution in [3.05, 3.63) is 69.0 Å². The SMILES string of the molecule is CNC(=O)c1ccc(N(C)Cc2ccc(C)c(F)c2)c([N+](=O)[O-])c1. The fraction of sp³-hybridized carbons (Fsp3) is 0.235. The molecule has 7 heteroatoms. The predicted molar refractivity (Wildman–Crippen MR) is 89.7 cm³/mol. The number of nitrogens with one attached hydrogen (secondary N) is 1. The first kappa shape index (κ1) is 17.4. The van der Waals surface area contributed by atoms with Crippen LogP contribution in [0.25, 0.3) is 0 Å². The van der Waals surface area contributed by atoms with E-state index in [1.807, 2.05) is 0 Å². The van der Waals surface area contributed by atoms with Gasteiger partial charge < -0.3 is 10.2 Å². The third-order valence-corrected chi connectivity index (χ3v) is 3.73. The molecule has 0 aromatic heterocycles. The van der Waals surface area contributed by atoms with Crippen molar-refractivity contribution < 1.29 is 14.1 Å². The summed E-state index contributed by atoms with van der Waals surface area (Å²) in [7, 11) is 3.14. The summed E-state index contributed by atoms with van der Waals surface area (Å²) < 4.78 is 13.6. The van der Waals surface area contributed by atoms with Gasteiger partial charge in [0.05, 0.1) is 4.92 Å². The van der Waals surface area contributed by atoms with Crippen LogP contribution in [-0.2, 0) is 6.54 Å². The van der Waals surface area contributed by atoms with Gasteiger partial charge in [-0.25, -0.2) is 4.39 Å². The topological polar surface area (TPSA) is 75.5 Å². The quantitative estimate of drug-likeness (QED) is 0.675. The Hall–Kier alpha value is -2.96. The van der Waals surface area contributed by atoms with Gasteiger partial charge in [-0.1, -0.05) is 12.1 Å². The Labute approximate surface area is 139 Å². The van der Waals surface area contributed by atoms with Crippen LogP contribution in [0.4, 0.5) is 15.8 Å². The van der Waals surface area contributed by atoms with Crippen LogP contribution in [0.5, 0.6) is 0 Å². The van der Waals surface area contributed by atoms with Gasteiger partial charge in [0, 0.05) is 32.3 Å². The number of hydrogen-bond donors (Lipinski definition) is 1. The highest BCUT2D eigenvalue weighted by Gasteiger charge is 2.20. The molecular weight excluding hydrogens is 313 g/mol. The van der Waals surface area contributed by atoms with Crippen molar-refractivity contribution in [3.8, 4) is 0 Å². The average molecular weight is 331 g/mol. The number of nitro groups is 1. The van der Waals surface area contributed by atoms with E-state index in [-0.39, 0.29) is 17.1 Å². The zero-order valence-electron chi connectivity index (χ0n) is 13.7. The number of hydrogen-bond acceptors (Lipinski definition) is 4. The molecule has 0 aliphatic carbocycles. The molecule has 2 rings (SSSR count). The van der Waals surface area contributed by atoms with Crippen LogP contribution < -0.4 is 10.2 Å². The van der Waals surface area contributed by atoms with Gasteiger partial charge in [0.2, 0.25) is 0 Å². The zero-order valence-corrected chi connectivity index (χ0v) is 13.7. The largest absolute Gasteiger partial charge is 0.365 e. The van der Waals surface area contributed by atoms with Crippen LogP contribution in [0.2, 0.25) is 0 Å². The second kappa shape index (κ2) is 7.08. The highest BCUT2D eigenvalue weighted by molar-refractivity contribution is 5.95. The van der Waals surface area contributed by atoms with Gasteiger partial charge in [0.25, 0.3) is 11.6 Å². The fourth-order valence-electron chi connectivity index (χ4n) is 2.37. The van der Waals surface area contributed by atoms with E-state index in [0.29, 0.717) is 23.4 Å². The molecule has 1 amide bonds. The smallest absolute Gasteiger partial charge is 0.293 e.